The number of amides is 2. The summed E-state index contributed by atoms with van der Waals surface area (Å²) in [5.41, 5.74) is 1.09. The standard InChI is InChI=1S/C20H20ClFN2O4S/c1-13(15-5-3-2-4-6-15)24-11-16(10-19(24)25)20(26)23-29(27,28)12-14-7-8-17(21)18(22)9-14/h2-9,13,16H,10-12H2,1H3,(H,23,26). The summed E-state index contributed by atoms with van der Waals surface area (Å²) in [6, 6.07) is 12.8. The number of rotatable bonds is 6. The van der Waals surface area contributed by atoms with Crippen molar-refractivity contribution in [2.75, 3.05) is 6.54 Å². The molecule has 0 aromatic heterocycles. The molecule has 2 amide bonds. The van der Waals surface area contributed by atoms with Gasteiger partial charge in [-0.15, -0.1) is 0 Å². The third-order valence-corrected chi connectivity index (χ3v) is 6.41. The molecule has 2 unspecified atom stereocenters. The van der Waals surface area contributed by atoms with E-state index in [-0.39, 0.29) is 35.5 Å². The molecule has 2 aromatic rings. The van der Waals surface area contributed by atoms with Gasteiger partial charge in [-0.2, -0.15) is 0 Å². The van der Waals surface area contributed by atoms with Crippen LogP contribution in [0.1, 0.15) is 30.5 Å². The van der Waals surface area contributed by atoms with Crippen molar-refractivity contribution in [3.05, 3.63) is 70.5 Å². The summed E-state index contributed by atoms with van der Waals surface area (Å²) in [7, 11) is -4.05. The summed E-state index contributed by atoms with van der Waals surface area (Å²) in [4.78, 5) is 26.4. The zero-order valence-corrected chi connectivity index (χ0v) is 17.2. The zero-order valence-electron chi connectivity index (χ0n) is 15.6. The fourth-order valence-corrected chi connectivity index (χ4v) is 4.60. The smallest absolute Gasteiger partial charge is 0.239 e. The van der Waals surface area contributed by atoms with E-state index in [1.54, 1.807) is 4.90 Å². The van der Waals surface area contributed by atoms with Gasteiger partial charge in [0, 0.05) is 13.0 Å². The Bertz CT molecular complexity index is 1030. The van der Waals surface area contributed by atoms with E-state index in [0.29, 0.717) is 0 Å². The molecule has 2 aromatic carbocycles. The molecule has 0 radical (unpaired) electrons. The largest absolute Gasteiger partial charge is 0.335 e. The van der Waals surface area contributed by atoms with Gasteiger partial charge in [-0.25, -0.2) is 12.8 Å². The molecule has 1 aliphatic heterocycles. The second-order valence-electron chi connectivity index (χ2n) is 7.01. The van der Waals surface area contributed by atoms with E-state index in [0.717, 1.165) is 11.6 Å². The van der Waals surface area contributed by atoms with E-state index in [4.69, 9.17) is 11.6 Å². The van der Waals surface area contributed by atoms with Crippen molar-refractivity contribution in [1.82, 2.24) is 9.62 Å². The van der Waals surface area contributed by atoms with Crippen LogP contribution in [0.2, 0.25) is 5.02 Å². The summed E-state index contributed by atoms with van der Waals surface area (Å²) in [6.07, 6.45) is -0.0614. The topological polar surface area (TPSA) is 83.6 Å². The molecule has 2 atom stereocenters. The van der Waals surface area contributed by atoms with Crippen LogP contribution in [0, 0.1) is 11.7 Å². The van der Waals surface area contributed by atoms with Gasteiger partial charge < -0.3 is 4.90 Å². The second kappa shape index (κ2) is 8.51. The highest BCUT2D eigenvalue weighted by atomic mass is 35.5. The summed E-state index contributed by atoms with van der Waals surface area (Å²) in [6.45, 7) is 1.99. The highest BCUT2D eigenvalue weighted by Gasteiger charge is 2.38. The lowest BCUT2D eigenvalue weighted by Crippen LogP contribution is -2.38. The first kappa shape index (κ1) is 21.3. The molecule has 0 bridgehead atoms. The van der Waals surface area contributed by atoms with Crippen LogP contribution in [0.25, 0.3) is 0 Å². The maximum absolute atomic E-state index is 13.5. The third-order valence-electron chi connectivity index (χ3n) is 4.88. The van der Waals surface area contributed by atoms with Crippen molar-refractivity contribution >= 4 is 33.4 Å². The lowest BCUT2D eigenvalue weighted by atomic mass is 10.1. The van der Waals surface area contributed by atoms with Crippen molar-refractivity contribution < 1.29 is 22.4 Å². The van der Waals surface area contributed by atoms with Gasteiger partial charge >= 0.3 is 0 Å². The molecule has 1 fully saturated rings. The van der Waals surface area contributed by atoms with Crippen LogP contribution in [0.3, 0.4) is 0 Å². The van der Waals surface area contributed by atoms with Gasteiger partial charge in [0.15, 0.2) is 0 Å². The minimum absolute atomic E-state index is 0.0614. The summed E-state index contributed by atoms with van der Waals surface area (Å²) < 4.78 is 40.1. The SMILES string of the molecule is CC(c1ccccc1)N1CC(C(=O)NS(=O)(=O)Cc2ccc(Cl)c(F)c2)CC1=O. The number of halogens is 2. The molecule has 29 heavy (non-hydrogen) atoms. The fraction of sp³-hybridized carbons (Fsp3) is 0.300. The molecule has 0 saturated carbocycles. The van der Waals surface area contributed by atoms with E-state index in [1.807, 2.05) is 42.0 Å². The van der Waals surface area contributed by atoms with Gasteiger partial charge in [0.2, 0.25) is 21.8 Å². The number of carbonyl (C=O) groups is 2. The van der Waals surface area contributed by atoms with Crippen molar-refractivity contribution in [1.29, 1.82) is 0 Å². The zero-order chi connectivity index (χ0) is 21.2. The van der Waals surface area contributed by atoms with E-state index in [9.17, 15) is 22.4 Å². The van der Waals surface area contributed by atoms with Gasteiger partial charge in [-0.3, -0.25) is 14.3 Å². The molecule has 1 heterocycles. The summed E-state index contributed by atoms with van der Waals surface area (Å²) >= 11 is 5.59. The van der Waals surface area contributed by atoms with Gasteiger partial charge in [0.25, 0.3) is 0 Å². The Hall–Kier alpha value is -2.45. The van der Waals surface area contributed by atoms with Gasteiger partial charge in [-0.1, -0.05) is 48.0 Å². The van der Waals surface area contributed by atoms with Crippen LogP contribution in [0.15, 0.2) is 48.5 Å². The Morgan fingerprint density at radius 1 is 1.28 bits per heavy atom. The maximum Gasteiger partial charge on any atom is 0.239 e. The first-order chi connectivity index (χ1) is 13.7. The number of carbonyl (C=O) groups excluding carboxylic acids is 2. The Morgan fingerprint density at radius 2 is 1.97 bits per heavy atom. The number of nitrogens with one attached hydrogen (secondary N) is 1. The summed E-state index contributed by atoms with van der Waals surface area (Å²) in [5, 5.41) is -0.118. The van der Waals surface area contributed by atoms with E-state index in [1.165, 1.54) is 12.1 Å². The van der Waals surface area contributed by atoms with Crippen molar-refractivity contribution in [3.63, 3.8) is 0 Å². The van der Waals surface area contributed by atoms with Gasteiger partial charge in [0.1, 0.15) is 5.82 Å². The van der Waals surface area contributed by atoms with Crippen LogP contribution >= 0.6 is 11.6 Å². The van der Waals surface area contributed by atoms with Crippen LogP contribution in [-0.4, -0.2) is 31.7 Å². The molecule has 1 aliphatic rings. The lowest BCUT2D eigenvalue weighted by molar-refractivity contribution is -0.130. The van der Waals surface area contributed by atoms with Gasteiger partial charge in [-0.05, 0) is 30.2 Å². The summed E-state index contributed by atoms with van der Waals surface area (Å²) in [5.74, 6) is -3.03. The molecule has 0 spiro atoms. The predicted octanol–water partition coefficient (Wildman–Crippen LogP) is 3.03. The number of hydrogen-bond donors (Lipinski definition) is 1. The highest BCUT2D eigenvalue weighted by molar-refractivity contribution is 7.89. The van der Waals surface area contributed by atoms with Crippen LogP contribution in [-0.2, 0) is 25.4 Å². The number of sulfonamides is 1. The van der Waals surface area contributed by atoms with E-state index >= 15 is 0 Å². The van der Waals surface area contributed by atoms with E-state index in [2.05, 4.69) is 0 Å². The van der Waals surface area contributed by atoms with Crippen molar-refractivity contribution in [3.8, 4) is 0 Å². The number of hydrogen-bond acceptors (Lipinski definition) is 4. The third kappa shape index (κ3) is 5.13. The minimum atomic E-state index is -4.05. The van der Waals surface area contributed by atoms with Gasteiger partial charge in [0.05, 0.1) is 22.7 Å². The van der Waals surface area contributed by atoms with Crippen LogP contribution in [0.4, 0.5) is 4.39 Å². The highest BCUT2D eigenvalue weighted by Crippen LogP contribution is 2.28. The fourth-order valence-electron chi connectivity index (χ4n) is 3.31. The minimum Gasteiger partial charge on any atom is -0.335 e. The Kier molecular flexibility index (Phi) is 6.24. The van der Waals surface area contributed by atoms with E-state index < -0.39 is 33.4 Å². The molecule has 1 saturated heterocycles. The molecule has 1 N–H and O–H groups in total. The quantitative estimate of drug-likeness (QED) is 0.751. The average molecular weight is 439 g/mol. The molecule has 3 rings (SSSR count). The Morgan fingerprint density at radius 3 is 2.62 bits per heavy atom. The number of likely N-dealkylation sites (tertiary alicyclic amines) is 1. The van der Waals surface area contributed by atoms with Crippen LogP contribution in [0.5, 0.6) is 0 Å². The Labute approximate surface area is 173 Å². The molecule has 154 valence electrons. The molecule has 6 nitrogen and oxygen atoms in total. The average Bonchev–Trinajstić information content (AvgIpc) is 3.06. The first-order valence-electron chi connectivity index (χ1n) is 8.99. The molecular formula is C20H20ClFN2O4S. The normalized spacial score (nSPS) is 18.0. The second-order valence-corrected chi connectivity index (χ2v) is 9.14. The van der Waals surface area contributed by atoms with Crippen molar-refractivity contribution in [2.24, 2.45) is 5.92 Å². The lowest BCUT2D eigenvalue weighted by Gasteiger charge is -2.25. The number of nitrogens with zero attached hydrogens (tertiary/aromatic N) is 1. The molecule has 0 aliphatic carbocycles. The molecule has 9 heteroatoms. The van der Waals surface area contributed by atoms with Crippen molar-refractivity contribution in [2.45, 2.75) is 25.1 Å². The Balaban J connectivity index is 1.64. The predicted molar refractivity (Wildman–Crippen MR) is 107 cm³/mol. The first-order valence-corrected chi connectivity index (χ1v) is 11.0. The number of benzene rings is 2. The van der Waals surface area contributed by atoms with Crippen LogP contribution < -0.4 is 4.72 Å². The maximum atomic E-state index is 13.5. The monoisotopic (exact) mass is 438 g/mol. The molecular weight excluding hydrogens is 419 g/mol.